The molecule has 1 unspecified atom stereocenters. The van der Waals surface area contributed by atoms with Crippen molar-refractivity contribution in [3.05, 3.63) is 34.3 Å². The number of Topliss-reactive ketones (excluding diaryl/α,β-unsaturated/α-hetero) is 1. The van der Waals surface area contributed by atoms with Crippen molar-refractivity contribution < 1.29 is 56.2 Å². The van der Waals surface area contributed by atoms with Crippen LogP contribution in [0.25, 0.3) is 0 Å². The molecular weight excluding hydrogens is 852 g/mol. The first-order valence-electron chi connectivity index (χ1n) is 21.8. The molecule has 1 aromatic rings. The Hall–Kier alpha value is -4.32. The Morgan fingerprint density at radius 3 is 2.21 bits per heavy atom. The fourth-order valence-corrected chi connectivity index (χ4v) is 8.79. The van der Waals surface area contributed by atoms with E-state index in [1.807, 2.05) is 20.8 Å². The minimum atomic E-state index is -5.39. The highest BCUT2D eigenvalue weighted by molar-refractivity contribution is 6.30. The highest BCUT2D eigenvalue weighted by Gasteiger charge is 2.60. The van der Waals surface area contributed by atoms with Gasteiger partial charge in [-0.1, -0.05) is 31.5 Å². The van der Waals surface area contributed by atoms with Crippen LogP contribution in [0.2, 0.25) is 5.02 Å². The maximum absolute atomic E-state index is 14.8. The van der Waals surface area contributed by atoms with Crippen LogP contribution in [0, 0.1) is 30.6 Å². The minimum Gasteiger partial charge on any atom is -0.374 e. The van der Waals surface area contributed by atoms with Crippen LogP contribution < -0.4 is 16.0 Å². The lowest BCUT2D eigenvalue weighted by atomic mass is 9.82. The predicted octanol–water partition coefficient (Wildman–Crippen LogP) is 4.05. The number of rotatable bonds is 12. The summed E-state index contributed by atoms with van der Waals surface area (Å²) in [4.78, 5) is 102. The molecule has 4 N–H and O–H groups in total. The van der Waals surface area contributed by atoms with E-state index >= 15 is 0 Å². The van der Waals surface area contributed by atoms with Gasteiger partial charge in [0.05, 0.1) is 5.92 Å². The highest BCUT2D eigenvalue weighted by Crippen LogP contribution is 2.42. The van der Waals surface area contributed by atoms with Crippen molar-refractivity contribution in [1.29, 1.82) is 0 Å². The number of alkyl halides is 4. The number of nitrogens with one attached hydrogen (secondary N) is 3. The zero-order valence-corrected chi connectivity index (χ0v) is 38.1. The fraction of sp³-hybridized carbons (Fsp3) is 0.705. The standard InChI is InChI=1S/C44H63ClF4N6O8/c1-9-55(42(62)35(26-14-15-26)52-37(57)31-22-29(46)21-30(31)36(56)43(6,63)44(47,48)49)33-12-10-11-17-53(7)40(60)25(5)50-39(59)34(20-27-19-28(45)16-13-24(27)4)54(8)41(61)32(18-23(2)3)51-38(33)58/h13,16,19,23,25-26,29-35,63H,9-12,14-15,17-18,20-22H2,1-8H3,(H,50,59)(H,51,58)(H,52,57)/t25-,29+,30?,31-,32+,33+,34+,35+,43-/m1/s1. The molecule has 2 saturated carbocycles. The summed E-state index contributed by atoms with van der Waals surface area (Å²) in [5.41, 5.74) is -2.35. The first-order valence-corrected chi connectivity index (χ1v) is 22.1. The number of nitrogens with zero attached hydrogens (tertiary/aromatic N) is 3. The van der Waals surface area contributed by atoms with E-state index in [-0.39, 0.29) is 45.2 Å². The fourth-order valence-electron chi connectivity index (χ4n) is 8.60. The van der Waals surface area contributed by atoms with E-state index in [9.17, 15) is 56.2 Å². The van der Waals surface area contributed by atoms with E-state index in [1.165, 1.54) is 21.7 Å². The molecule has 3 fully saturated rings. The molecule has 0 radical (unpaired) electrons. The van der Waals surface area contributed by atoms with Gasteiger partial charge >= 0.3 is 6.18 Å². The van der Waals surface area contributed by atoms with Crippen LogP contribution in [0.15, 0.2) is 18.2 Å². The Balaban J connectivity index is 1.69. The molecule has 0 bridgehead atoms. The summed E-state index contributed by atoms with van der Waals surface area (Å²) in [5.74, 6) is -9.73. The molecule has 4 rings (SSSR count). The molecule has 1 heterocycles. The van der Waals surface area contributed by atoms with E-state index in [2.05, 4.69) is 16.0 Å². The van der Waals surface area contributed by atoms with Gasteiger partial charge in [0.15, 0.2) is 5.78 Å². The quantitative estimate of drug-likeness (QED) is 0.227. The smallest absolute Gasteiger partial charge is 0.374 e. The van der Waals surface area contributed by atoms with Gasteiger partial charge in [-0.2, -0.15) is 13.2 Å². The predicted molar refractivity (Wildman–Crippen MR) is 226 cm³/mol. The van der Waals surface area contributed by atoms with E-state index in [1.54, 1.807) is 39.1 Å². The number of benzene rings is 1. The van der Waals surface area contributed by atoms with E-state index in [4.69, 9.17) is 11.6 Å². The summed E-state index contributed by atoms with van der Waals surface area (Å²) in [7, 11) is 3.01. The number of likely N-dealkylation sites (N-methyl/N-ethyl adjacent to an activating group) is 3. The molecule has 2 aliphatic carbocycles. The van der Waals surface area contributed by atoms with Gasteiger partial charge in [0.1, 0.15) is 36.4 Å². The van der Waals surface area contributed by atoms with Gasteiger partial charge in [-0.15, -0.1) is 0 Å². The Morgan fingerprint density at radius 2 is 1.62 bits per heavy atom. The van der Waals surface area contributed by atoms with E-state index < -0.39 is 120 Å². The SMILES string of the molecule is CCN(C(=O)[C@@H](NC(=O)[C@@H]1C[C@@H](F)CC1C(=O)[C@@](C)(O)C(F)(F)F)C1CC1)[C@H]1CCCCN(C)C(=O)[C@@H](C)NC(=O)[C@H](Cc2cc(Cl)ccc2C)N(C)C(=O)[C@H](CC(C)C)NC1=O. The second-order valence-electron chi connectivity index (χ2n) is 18.1. The van der Waals surface area contributed by atoms with Crippen molar-refractivity contribution in [2.24, 2.45) is 23.7 Å². The summed E-state index contributed by atoms with van der Waals surface area (Å²) < 4.78 is 55.7. The number of hydrogen-bond donors (Lipinski definition) is 4. The van der Waals surface area contributed by atoms with Gasteiger partial charge in [0.2, 0.25) is 41.0 Å². The van der Waals surface area contributed by atoms with Crippen molar-refractivity contribution in [3.8, 4) is 0 Å². The summed E-state index contributed by atoms with van der Waals surface area (Å²) in [6, 6.07) is -0.619. The van der Waals surface area contributed by atoms with Crippen LogP contribution >= 0.6 is 11.6 Å². The first-order chi connectivity index (χ1) is 29.3. The third kappa shape index (κ3) is 12.5. The molecule has 352 valence electrons. The van der Waals surface area contributed by atoms with Gasteiger partial charge in [-0.25, -0.2) is 4.39 Å². The number of hydrogen-bond acceptors (Lipinski definition) is 8. The van der Waals surface area contributed by atoms with E-state index in [0.717, 1.165) is 5.56 Å². The molecule has 0 spiro atoms. The molecule has 6 amide bonds. The van der Waals surface area contributed by atoms with Gasteiger partial charge in [0, 0.05) is 44.5 Å². The number of aryl methyl sites for hydroxylation is 1. The van der Waals surface area contributed by atoms with Crippen LogP contribution in [0.3, 0.4) is 0 Å². The number of aliphatic hydroxyl groups is 1. The summed E-state index contributed by atoms with van der Waals surface area (Å²) >= 11 is 6.32. The first kappa shape index (κ1) is 51.3. The molecule has 63 heavy (non-hydrogen) atoms. The topological polar surface area (TPSA) is 186 Å². The Labute approximate surface area is 371 Å². The van der Waals surface area contributed by atoms with Crippen LogP contribution in [0.1, 0.15) is 97.1 Å². The van der Waals surface area contributed by atoms with Crippen LogP contribution in [0.5, 0.6) is 0 Å². The number of halogens is 5. The van der Waals surface area contributed by atoms with Gasteiger partial charge < -0.3 is 35.8 Å². The van der Waals surface area contributed by atoms with Gasteiger partial charge in [0.25, 0.3) is 0 Å². The third-order valence-electron chi connectivity index (χ3n) is 12.7. The average Bonchev–Trinajstić information content (AvgIpc) is 3.97. The molecule has 14 nitrogen and oxygen atoms in total. The molecular formula is C44H63ClF4N6O8. The van der Waals surface area contributed by atoms with Crippen molar-refractivity contribution >= 4 is 52.8 Å². The lowest BCUT2D eigenvalue weighted by Gasteiger charge is -2.36. The molecule has 1 aromatic carbocycles. The van der Waals surface area contributed by atoms with Crippen LogP contribution in [-0.4, -0.2) is 136 Å². The summed E-state index contributed by atoms with van der Waals surface area (Å²) in [5, 5.41) is 18.8. The zero-order valence-electron chi connectivity index (χ0n) is 37.3. The number of carbonyl (C=O) groups is 7. The molecule has 0 aromatic heterocycles. The summed E-state index contributed by atoms with van der Waals surface area (Å²) in [6.45, 7) is 9.13. The van der Waals surface area contributed by atoms with Gasteiger partial charge in [-0.3, -0.25) is 33.6 Å². The van der Waals surface area contributed by atoms with Crippen molar-refractivity contribution in [2.45, 2.75) is 147 Å². The van der Waals surface area contributed by atoms with Crippen molar-refractivity contribution in [3.63, 3.8) is 0 Å². The third-order valence-corrected chi connectivity index (χ3v) is 12.9. The zero-order chi connectivity index (χ0) is 47.3. The largest absolute Gasteiger partial charge is 0.424 e. The van der Waals surface area contributed by atoms with E-state index in [0.29, 0.717) is 36.3 Å². The molecule has 1 aliphatic heterocycles. The van der Waals surface area contributed by atoms with Crippen molar-refractivity contribution in [2.75, 3.05) is 27.2 Å². The lowest BCUT2D eigenvalue weighted by molar-refractivity contribution is -0.246. The highest BCUT2D eigenvalue weighted by atomic mass is 35.5. The number of carbonyl (C=O) groups excluding carboxylic acids is 7. The Morgan fingerprint density at radius 1 is 0.984 bits per heavy atom. The second kappa shape index (κ2) is 21.1. The van der Waals surface area contributed by atoms with Crippen molar-refractivity contribution in [1.82, 2.24) is 30.7 Å². The Bertz CT molecular complexity index is 1880. The lowest BCUT2D eigenvalue weighted by Crippen LogP contribution is -2.61. The average molecular weight is 915 g/mol. The van der Waals surface area contributed by atoms with Gasteiger partial charge in [-0.05, 0) is 114 Å². The van der Waals surface area contributed by atoms with Crippen LogP contribution in [-0.2, 0) is 40.0 Å². The normalized spacial score (nSPS) is 27.4. The molecule has 3 aliphatic rings. The number of amides is 6. The summed E-state index contributed by atoms with van der Waals surface area (Å²) in [6.07, 6.45) is -6.64. The maximum Gasteiger partial charge on any atom is 0.424 e. The Kier molecular flexibility index (Phi) is 17.2. The minimum absolute atomic E-state index is 0.0258. The monoisotopic (exact) mass is 914 g/mol. The van der Waals surface area contributed by atoms with Crippen LogP contribution in [0.4, 0.5) is 17.6 Å². The molecule has 9 atom stereocenters. The maximum atomic E-state index is 14.8. The molecule has 19 heteroatoms. The number of ketones is 1. The second-order valence-corrected chi connectivity index (χ2v) is 18.5. The molecule has 1 saturated heterocycles.